The molecule has 13 rings (SSSR count). The zero-order valence-corrected chi connectivity index (χ0v) is 36.6. The van der Waals surface area contributed by atoms with Gasteiger partial charge in [0.05, 0.1) is 22.4 Å². The van der Waals surface area contributed by atoms with E-state index < -0.39 is 0 Å². The second kappa shape index (κ2) is 16.0. The van der Waals surface area contributed by atoms with Gasteiger partial charge in [-0.05, 0) is 117 Å². The Kier molecular flexibility index (Phi) is 9.17. The number of fused-ring (bicyclic) bond motifs is 7. The van der Waals surface area contributed by atoms with Gasteiger partial charge in [0.25, 0.3) is 0 Å². The number of furan rings is 1. The summed E-state index contributed by atoms with van der Waals surface area (Å²) in [6.45, 7) is 0. The molecule has 2 heterocycles. The zero-order chi connectivity index (χ0) is 44.3. The summed E-state index contributed by atoms with van der Waals surface area (Å²) < 4.78 is 8.83. The molecule has 3 heteroatoms. The maximum absolute atomic E-state index is 6.42. The second-order valence-electron chi connectivity index (χ2n) is 17.2. The van der Waals surface area contributed by atoms with Crippen molar-refractivity contribution in [3.63, 3.8) is 0 Å². The van der Waals surface area contributed by atoms with Crippen molar-refractivity contribution in [1.82, 2.24) is 4.57 Å². The number of rotatable bonds is 8. The number of hydrogen-bond donors (Lipinski definition) is 0. The number of aromatic nitrogens is 1. The monoisotopic (exact) mass is 854 g/mol. The minimum Gasteiger partial charge on any atom is -0.456 e. The Morgan fingerprint density at radius 2 is 0.821 bits per heavy atom. The lowest BCUT2D eigenvalue weighted by Gasteiger charge is -2.28. The molecule has 0 aliphatic heterocycles. The fraction of sp³-hybridized carbons (Fsp3) is 0. The molecule has 0 N–H and O–H groups in total. The van der Waals surface area contributed by atoms with Gasteiger partial charge in [-0.3, -0.25) is 0 Å². The molecule has 0 atom stereocenters. The number of hydrogen-bond acceptors (Lipinski definition) is 2. The van der Waals surface area contributed by atoms with Gasteiger partial charge in [-0.25, -0.2) is 0 Å². The Labute approximate surface area is 388 Å². The Bertz CT molecular complexity index is 3930. The molecule has 2 aromatic heterocycles. The van der Waals surface area contributed by atoms with Gasteiger partial charge in [0, 0.05) is 44.0 Å². The van der Waals surface area contributed by atoms with Crippen LogP contribution in [0.3, 0.4) is 0 Å². The van der Waals surface area contributed by atoms with E-state index in [1.165, 1.54) is 54.8 Å². The summed E-state index contributed by atoms with van der Waals surface area (Å²) in [5, 5.41) is 7.24. The van der Waals surface area contributed by atoms with E-state index in [1.807, 2.05) is 12.1 Å². The molecular weight excluding hydrogens is 813 g/mol. The van der Waals surface area contributed by atoms with Crippen LogP contribution in [0.15, 0.2) is 259 Å². The van der Waals surface area contributed by atoms with Gasteiger partial charge in [0.2, 0.25) is 0 Å². The highest BCUT2D eigenvalue weighted by Crippen LogP contribution is 2.44. The fourth-order valence-electron chi connectivity index (χ4n) is 10.3. The third kappa shape index (κ3) is 6.59. The smallest absolute Gasteiger partial charge is 0.136 e. The van der Waals surface area contributed by atoms with Crippen LogP contribution in [-0.4, -0.2) is 4.57 Å². The summed E-state index contributed by atoms with van der Waals surface area (Å²) >= 11 is 0. The molecule has 0 saturated carbocycles. The van der Waals surface area contributed by atoms with E-state index in [0.29, 0.717) is 0 Å². The van der Waals surface area contributed by atoms with Crippen LogP contribution in [0.5, 0.6) is 0 Å². The minimum absolute atomic E-state index is 0.876. The van der Waals surface area contributed by atoms with Crippen molar-refractivity contribution >= 4 is 71.6 Å². The maximum atomic E-state index is 6.42. The summed E-state index contributed by atoms with van der Waals surface area (Å²) in [4.78, 5) is 2.39. The van der Waals surface area contributed by atoms with Crippen molar-refractivity contribution < 1.29 is 4.42 Å². The van der Waals surface area contributed by atoms with Gasteiger partial charge in [-0.15, -0.1) is 0 Å². The number of benzene rings is 11. The normalized spacial score (nSPS) is 11.6. The first-order valence-electron chi connectivity index (χ1n) is 22.9. The average Bonchev–Trinajstić information content (AvgIpc) is 3.95. The van der Waals surface area contributed by atoms with E-state index in [4.69, 9.17) is 4.42 Å². The fourth-order valence-corrected chi connectivity index (χ4v) is 10.3. The molecule has 13 aromatic rings. The lowest BCUT2D eigenvalue weighted by atomic mass is 9.95. The van der Waals surface area contributed by atoms with Gasteiger partial charge in [0.15, 0.2) is 0 Å². The quantitative estimate of drug-likeness (QED) is 0.152. The van der Waals surface area contributed by atoms with Crippen LogP contribution in [0.25, 0.3) is 105 Å². The van der Waals surface area contributed by atoms with Crippen molar-refractivity contribution in [2.75, 3.05) is 4.90 Å². The molecule has 67 heavy (non-hydrogen) atoms. The zero-order valence-electron chi connectivity index (χ0n) is 36.6. The van der Waals surface area contributed by atoms with Gasteiger partial charge in [0.1, 0.15) is 11.2 Å². The Balaban J connectivity index is 0.929. The first kappa shape index (κ1) is 38.5. The molecule has 0 saturated heterocycles. The summed E-state index contributed by atoms with van der Waals surface area (Å²) in [6, 6.07) is 91.9. The molecule has 0 bridgehead atoms. The molecular formula is C64H42N2O. The number of para-hydroxylation sites is 5. The topological polar surface area (TPSA) is 21.3 Å². The third-order valence-corrected chi connectivity index (χ3v) is 13.4. The van der Waals surface area contributed by atoms with E-state index in [0.717, 1.165) is 66.9 Å². The van der Waals surface area contributed by atoms with Gasteiger partial charge < -0.3 is 13.9 Å². The highest BCUT2D eigenvalue weighted by molar-refractivity contribution is 6.10. The maximum Gasteiger partial charge on any atom is 0.136 e. The molecule has 314 valence electrons. The van der Waals surface area contributed by atoms with E-state index >= 15 is 0 Å². The van der Waals surface area contributed by atoms with E-state index in [9.17, 15) is 0 Å². The van der Waals surface area contributed by atoms with Crippen LogP contribution < -0.4 is 4.90 Å². The predicted octanol–water partition coefficient (Wildman–Crippen LogP) is 18.0. The molecule has 0 amide bonds. The molecule has 0 unspecified atom stereocenters. The second-order valence-corrected chi connectivity index (χ2v) is 17.2. The van der Waals surface area contributed by atoms with Crippen LogP contribution in [0, 0.1) is 0 Å². The standard InChI is InChI=1S/C64H42N2O/c1-2-19-51-44(15-1)16-14-25-52(51)47-18-13-17-46(41-47)43-31-36-49(37-32-43)65(59-26-8-4-21-54(59)48-35-40-58-57-24-7-12-30-63(57)67-64(58)42-48)50-38-33-45(34-39-50)53-20-3-9-27-60(53)66-61-28-10-5-22-55(61)56-23-6-11-29-62(56)66/h1-42H. The van der Waals surface area contributed by atoms with Crippen LogP contribution >= 0.6 is 0 Å². The summed E-state index contributed by atoms with van der Waals surface area (Å²) in [5.74, 6) is 0. The Morgan fingerprint density at radius 3 is 1.60 bits per heavy atom. The molecule has 0 radical (unpaired) electrons. The first-order chi connectivity index (χ1) is 33.2. The molecule has 0 spiro atoms. The Morgan fingerprint density at radius 1 is 0.299 bits per heavy atom. The molecule has 11 aromatic carbocycles. The number of nitrogens with zero attached hydrogens (tertiary/aromatic N) is 2. The minimum atomic E-state index is 0.876. The van der Waals surface area contributed by atoms with Crippen LogP contribution in [-0.2, 0) is 0 Å². The van der Waals surface area contributed by atoms with Crippen LogP contribution in [0.2, 0.25) is 0 Å². The van der Waals surface area contributed by atoms with Crippen molar-refractivity contribution in [3.8, 4) is 50.2 Å². The van der Waals surface area contributed by atoms with Crippen molar-refractivity contribution in [2.45, 2.75) is 0 Å². The molecule has 3 nitrogen and oxygen atoms in total. The average molecular weight is 855 g/mol. The predicted molar refractivity (Wildman–Crippen MR) is 282 cm³/mol. The highest BCUT2D eigenvalue weighted by Gasteiger charge is 2.20. The van der Waals surface area contributed by atoms with Gasteiger partial charge in [-0.2, -0.15) is 0 Å². The van der Waals surface area contributed by atoms with Gasteiger partial charge in [-0.1, -0.05) is 182 Å². The molecule has 0 aliphatic rings. The van der Waals surface area contributed by atoms with E-state index in [1.54, 1.807) is 0 Å². The number of anilines is 3. The molecule has 0 aliphatic carbocycles. The summed E-state index contributed by atoms with van der Waals surface area (Å²) in [6.07, 6.45) is 0. The largest absolute Gasteiger partial charge is 0.456 e. The van der Waals surface area contributed by atoms with Crippen molar-refractivity contribution in [1.29, 1.82) is 0 Å². The van der Waals surface area contributed by atoms with Crippen LogP contribution in [0.4, 0.5) is 17.1 Å². The van der Waals surface area contributed by atoms with Gasteiger partial charge >= 0.3 is 0 Å². The SMILES string of the molecule is c1cc(-c2ccc(N(c3ccc(-c4ccccc4-n4c5ccccc5c5ccccc54)cc3)c3ccccc3-c3ccc4c(c3)oc3ccccc34)cc2)cc(-c2cccc3ccccc23)c1. The highest BCUT2D eigenvalue weighted by atomic mass is 16.3. The van der Waals surface area contributed by atoms with E-state index in [-0.39, 0.29) is 0 Å². The van der Waals surface area contributed by atoms with Crippen LogP contribution in [0.1, 0.15) is 0 Å². The first-order valence-corrected chi connectivity index (χ1v) is 22.9. The lowest BCUT2D eigenvalue weighted by Crippen LogP contribution is -2.11. The molecule has 0 fully saturated rings. The Hall–Kier alpha value is -8.92. The summed E-state index contributed by atoms with van der Waals surface area (Å²) in [5.41, 5.74) is 17.8. The van der Waals surface area contributed by atoms with E-state index in [2.05, 4.69) is 252 Å². The summed E-state index contributed by atoms with van der Waals surface area (Å²) in [7, 11) is 0. The third-order valence-electron chi connectivity index (χ3n) is 13.4. The lowest BCUT2D eigenvalue weighted by molar-refractivity contribution is 0.669. The van der Waals surface area contributed by atoms with Crippen molar-refractivity contribution in [2.24, 2.45) is 0 Å². The van der Waals surface area contributed by atoms with Crippen molar-refractivity contribution in [3.05, 3.63) is 255 Å².